The molecule has 2 aromatic rings. The molecule has 0 amide bonds. The zero-order valence-corrected chi connectivity index (χ0v) is 16.6. The Morgan fingerprint density at radius 3 is 1.21 bits per heavy atom. The summed E-state index contributed by atoms with van der Waals surface area (Å²) < 4.78 is 12.8. The van der Waals surface area contributed by atoms with Crippen LogP contribution in [-0.4, -0.2) is 11.4 Å². The molecule has 0 bridgehead atoms. The maximum Gasteiger partial charge on any atom is 0.219 e. The molecule has 0 saturated heterocycles. The van der Waals surface area contributed by atoms with Crippen molar-refractivity contribution in [3.8, 4) is 11.5 Å². The van der Waals surface area contributed by atoms with E-state index < -0.39 is 11.4 Å². The smallest absolute Gasteiger partial charge is 0.219 e. The Morgan fingerprint density at radius 1 is 0.500 bits per heavy atom. The van der Waals surface area contributed by atoms with Gasteiger partial charge in [0.1, 0.15) is 11.5 Å². The van der Waals surface area contributed by atoms with Crippen LogP contribution in [0.4, 0.5) is 0 Å². The molecule has 2 aliphatic carbocycles. The van der Waals surface area contributed by atoms with Gasteiger partial charge in [0, 0.05) is 25.7 Å². The maximum absolute atomic E-state index is 6.41. The van der Waals surface area contributed by atoms with E-state index in [0.29, 0.717) is 0 Å². The zero-order valence-electron chi connectivity index (χ0n) is 16.6. The van der Waals surface area contributed by atoms with Crippen molar-refractivity contribution < 1.29 is 9.47 Å². The largest absolute Gasteiger partial charge is 0.465 e. The second-order valence-electron chi connectivity index (χ2n) is 8.04. The second-order valence-corrected chi connectivity index (χ2v) is 8.04. The SMILES string of the molecule is c1ccc(OC2(N=NC3(Oc4ccccc4)CCCCC3)CCCCC2)cc1. The Balaban J connectivity index is 1.58. The molecule has 0 aliphatic heterocycles. The number of ether oxygens (including phenoxy) is 2. The molecule has 0 spiro atoms. The topological polar surface area (TPSA) is 43.2 Å². The van der Waals surface area contributed by atoms with Gasteiger partial charge in [-0.2, -0.15) is 0 Å². The summed E-state index contributed by atoms with van der Waals surface area (Å²) in [5, 5.41) is 9.76. The third kappa shape index (κ3) is 4.73. The third-order valence-electron chi connectivity index (χ3n) is 5.79. The number of azo groups is 1. The van der Waals surface area contributed by atoms with Gasteiger partial charge in [0.25, 0.3) is 0 Å². The molecule has 4 heteroatoms. The number of hydrogen-bond donors (Lipinski definition) is 0. The van der Waals surface area contributed by atoms with Gasteiger partial charge in [-0.15, -0.1) is 10.2 Å². The maximum atomic E-state index is 6.41. The van der Waals surface area contributed by atoms with Gasteiger partial charge in [-0.25, -0.2) is 0 Å². The lowest BCUT2D eigenvalue weighted by atomic mass is 9.91. The fourth-order valence-corrected chi connectivity index (χ4v) is 4.25. The molecule has 4 rings (SSSR count). The summed E-state index contributed by atoms with van der Waals surface area (Å²) in [5.74, 6) is 1.73. The molecule has 0 unspecified atom stereocenters. The Morgan fingerprint density at radius 2 is 0.857 bits per heavy atom. The highest BCUT2D eigenvalue weighted by Crippen LogP contribution is 2.39. The standard InChI is InChI=1S/C24H30N2O2/c1-5-13-21(14-6-1)27-23(17-9-3-10-18-23)25-26-24(19-11-4-12-20-24)28-22-15-7-2-8-16-22/h1-2,5-8,13-16H,3-4,9-12,17-20H2. The minimum absolute atomic E-state index is 0.565. The lowest BCUT2D eigenvalue weighted by molar-refractivity contribution is -0.00376. The van der Waals surface area contributed by atoms with Crippen molar-refractivity contribution >= 4 is 0 Å². The van der Waals surface area contributed by atoms with E-state index in [1.165, 1.54) is 12.8 Å². The molecule has 4 nitrogen and oxygen atoms in total. The molecule has 0 N–H and O–H groups in total. The third-order valence-corrected chi connectivity index (χ3v) is 5.79. The normalized spacial score (nSPS) is 21.3. The quantitative estimate of drug-likeness (QED) is 0.512. The number of rotatable bonds is 6. The fraction of sp³-hybridized carbons (Fsp3) is 0.500. The Bertz CT molecular complexity index is 683. The van der Waals surface area contributed by atoms with E-state index in [-0.39, 0.29) is 0 Å². The first kappa shape index (κ1) is 19.0. The van der Waals surface area contributed by atoms with Crippen molar-refractivity contribution in [3.05, 3.63) is 60.7 Å². The van der Waals surface area contributed by atoms with Gasteiger partial charge in [-0.05, 0) is 49.9 Å². The van der Waals surface area contributed by atoms with E-state index in [1.807, 2.05) is 60.7 Å². The summed E-state index contributed by atoms with van der Waals surface area (Å²) in [6, 6.07) is 20.0. The molecular formula is C24H30N2O2. The van der Waals surface area contributed by atoms with Crippen molar-refractivity contribution in [1.82, 2.24) is 0 Å². The van der Waals surface area contributed by atoms with Crippen molar-refractivity contribution in [2.45, 2.75) is 75.7 Å². The predicted octanol–water partition coefficient (Wildman–Crippen LogP) is 6.92. The van der Waals surface area contributed by atoms with Crippen LogP contribution in [0.3, 0.4) is 0 Å². The van der Waals surface area contributed by atoms with E-state index in [0.717, 1.165) is 62.9 Å². The molecule has 2 fully saturated rings. The van der Waals surface area contributed by atoms with Gasteiger partial charge >= 0.3 is 0 Å². The second kappa shape index (κ2) is 8.76. The van der Waals surface area contributed by atoms with Crippen LogP contribution < -0.4 is 9.47 Å². The number of benzene rings is 2. The fourth-order valence-electron chi connectivity index (χ4n) is 4.25. The zero-order chi connectivity index (χ0) is 19.1. The van der Waals surface area contributed by atoms with Gasteiger partial charge in [-0.3, -0.25) is 0 Å². The first-order valence-electron chi connectivity index (χ1n) is 10.7. The van der Waals surface area contributed by atoms with Gasteiger partial charge in [0.2, 0.25) is 11.4 Å². The summed E-state index contributed by atoms with van der Waals surface area (Å²) in [5.41, 5.74) is -1.13. The van der Waals surface area contributed by atoms with Crippen molar-refractivity contribution in [1.29, 1.82) is 0 Å². The van der Waals surface area contributed by atoms with Gasteiger partial charge in [-0.1, -0.05) is 49.2 Å². The molecule has 0 radical (unpaired) electrons. The lowest BCUT2D eigenvalue weighted by Gasteiger charge is -2.36. The minimum Gasteiger partial charge on any atom is -0.465 e. The molecule has 28 heavy (non-hydrogen) atoms. The molecule has 2 aliphatic rings. The summed E-state index contributed by atoms with van der Waals surface area (Å²) >= 11 is 0. The van der Waals surface area contributed by atoms with Crippen LogP contribution in [0.1, 0.15) is 64.2 Å². The van der Waals surface area contributed by atoms with Crippen LogP contribution >= 0.6 is 0 Å². The molecule has 2 saturated carbocycles. The van der Waals surface area contributed by atoms with Crippen LogP contribution in [0.25, 0.3) is 0 Å². The van der Waals surface area contributed by atoms with Crippen LogP contribution in [0, 0.1) is 0 Å². The Hall–Kier alpha value is -2.36. The summed E-state index contributed by atoms with van der Waals surface area (Å²) in [6.07, 6.45) is 10.6. The highest BCUT2D eigenvalue weighted by Gasteiger charge is 2.39. The summed E-state index contributed by atoms with van der Waals surface area (Å²) in [7, 11) is 0. The lowest BCUT2D eigenvalue weighted by Crippen LogP contribution is -2.40. The molecule has 148 valence electrons. The molecule has 0 aromatic heterocycles. The molecular weight excluding hydrogens is 348 g/mol. The first-order valence-corrected chi connectivity index (χ1v) is 10.7. The van der Waals surface area contributed by atoms with Crippen LogP contribution in [0.2, 0.25) is 0 Å². The van der Waals surface area contributed by atoms with Crippen molar-refractivity contribution in [2.75, 3.05) is 0 Å². The van der Waals surface area contributed by atoms with Crippen molar-refractivity contribution in [2.24, 2.45) is 10.2 Å². The van der Waals surface area contributed by atoms with E-state index in [1.54, 1.807) is 0 Å². The monoisotopic (exact) mass is 378 g/mol. The van der Waals surface area contributed by atoms with Gasteiger partial charge in [0.15, 0.2) is 0 Å². The van der Waals surface area contributed by atoms with Crippen LogP contribution in [0.5, 0.6) is 11.5 Å². The average Bonchev–Trinajstić information content (AvgIpc) is 2.75. The van der Waals surface area contributed by atoms with Crippen molar-refractivity contribution in [3.63, 3.8) is 0 Å². The molecule has 2 aromatic carbocycles. The summed E-state index contributed by atoms with van der Waals surface area (Å²) in [6.45, 7) is 0. The minimum atomic E-state index is -0.565. The van der Waals surface area contributed by atoms with Gasteiger partial charge in [0.05, 0.1) is 0 Å². The number of nitrogens with zero attached hydrogens (tertiary/aromatic N) is 2. The summed E-state index contributed by atoms with van der Waals surface area (Å²) in [4.78, 5) is 0. The Labute approximate surface area is 168 Å². The van der Waals surface area contributed by atoms with E-state index in [4.69, 9.17) is 19.7 Å². The van der Waals surface area contributed by atoms with Gasteiger partial charge < -0.3 is 9.47 Å². The number of para-hydroxylation sites is 2. The highest BCUT2D eigenvalue weighted by atomic mass is 16.5. The average molecular weight is 379 g/mol. The van der Waals surface area contributed by atoms with E-state index >= 15 is 0 Å². The molecule has 0 heterocycles. The van der Waals surface area contributed by atoms with Crippen LogP contribution in [-0.2, 0) is 0 Å². The highest BCUT2D eigenvalue weighted by molar-refractivity contribution is 5.23. The Kier molecular flexibility index (Phi) is 5.94. The van der Waals surface area contributed by atoms with E-state index in [9.17, 15) is 0 Å². The predicted molar refractivity (Wildman–Crippen MR) is 111 cm³/mol. The van der Waals surface area contributed by atoms with Crippen LogP contribution in [0.15, 0.2) is 70.9 Å². The molecule has 0 atom stereocenters. The first-order chi connectivity index (χ1) is 13.8. The van der Waals surface area contributed by atoms with E-state index in [2.05, 4.69) is 0 Å². The number of hydrogen-bond acceptors (Lipinski definition) is 4.